The molecule has 20 heavy (non-hydrogen) atoms. The maximum Gasteiger partial charge on any atom is 0.253 e. The smallest absolute Gasteiger partial charge is 0.253 e. The van der Waals surface area contributed by atoms with Crippen LogP contribution in [0, 0.1) is 0 Å². The number of primary amides is 1. The summed E-state index contributed by atoms with van der Waals surface area (Å²) in [4.78, 5) is 38.1. The van der Waals surface area contributed by atoms with Crippen LogP contribution in [0.1, 0.15) is 27.6 Å². The number of amides is 3. The predicted molar refractivity (Wildman–Crippen MR) is 73.1 cm³/mol. The van der Waals surface area contributed by atoms with Gasteiger partial charge in [-0.25, -0.2) is 0 Å². The second-order valence-corrected chi connectivity index (χ2v) is 4.74. The Balaban J connectivity index is 2.07. The standard InChI is InChI=1S/C14H17N3O3/c1-10(18)16-5-7-17(8-6-16)14(20)12-4-2-3-11(9-12)13(15)19/h2-4,9H,5-8H2,1H3,(H2,15,19). The molecule has 0 aliphatic carbocycles. The van der Waals surface area contributed by atoms with Gasteiger partial charge in [-0.05, 0) is 18.2 Å². The highest BCUT2D eigenvalue weighted by atomic mass is 16.2. The van der Waals surface area contributed by atoms with Crippen LogP contribution in [0.4, 0.5) is 0 Å². The summed E-state index contributed by atoms with van der Waals surface area (Å²) in [6, 6.07) is 6.38. The number of benzene rings is 1. The van der Waals surface area contributed by atoms with Crippen LogP contribution in [0.15, 0.2) is 24.3 Å². The maximum atomic E-state index is 12.3. The SMILES string of the molecule is CC(=O)N1CCN(C(=O)c2cccc(C(N)=O)c2)CC1. The van der Waals surface area contributed by atoms with Crippen LogP contribution in [0.5, 0.6) is 0 Å². The van der Waals surface area contributed by atoms with Crippen LogP contribution >= 0.6 is 0 Å². The minimum atomic E-state index is -0.555. The third-order valence-electron chi connectivity index (χ3n) is 3.41. The van der Waals surface area contributed by atoms with E-state index in [9.17, 15) is 14.4 Å². The molecule has 0 atom stereocenters. The molecule has 1 aromatic rings. The Labute approximate surface area is 117 Å². The largest absolute Gasteiger partial charge is 0.366 e. The third kappa shape index (κ3) is 2.96. The second-order valence-electron chi connectivity index (χ2n) is 4.74. The molecule has 1 aliphatic heterocycles. The zero-order valence-electron chi connectivity index (χ0n) is 11.3. The summed E-state index contributed by atoms with van der Waals surface area (Å²) in [7, 11) is 0. The van der Waals surface area contributed by atoms with E-state index in [2.05, 4.69) is 0 Å². The summed E-state index contributed by atoms with van der Waals surface area (Å²) in [5.41, 5.74) is 5.96. The average molecular weight is 275 g/mol. The van der Waals surface area contributed by atoms with Crippen LogP contribution in [-0.4, -0.2) is 53.7 Å². The van der Waals surface area contributed by atoms with Gasteiger partial charge in [0.1, 0.15) is 0 Å². The van der Waals surface area contributed by atoms with Gasteiger partial charge in [0, 0.05) is 44.2 Å². The van der Waals surface area contributed by atoms with Crippen molar-refractivity contribution in [1.82, 2.24) is 9.80 Å². The molecule has 106 valence electrons. The number of carbonyl (C=O) groups excluding carboxylic acids is 3. The van der Waals surface area contributed by atoms with Gasteiger partial charge in [-0.1, -0.05) is 6.07 Å². The fourth-order valence-electron chi connectivity index (χ4n) is 2.21. The molecule has 0 aromatic heterocycles. The van der Waals surface area contributed by atoms with Crippen molar-refractivity contribution in [2.75, 3.05) is 26.2 Å². The number of carbonyl (C=O) groups is 3. The molecule has 1 aromatic carbocycles. The molecule has 2 rings (SSSR count). The van der Waals surface area contributed by atoms with Crippen molar-refractivity contribution in [3.05, 3.63) is 35.4 Å². The number of hydrogen-bond donors (Lipinski definition) is 1. The van der Waals surface area contributed by atoms with Crippen LogP contribution in [0.25, 0.3) is 0 Å². The monoisotopic (exact) mass is 275 g/mol. The minimum Gasteiger partial charge on any atom is -0.366 e. The topological polar surface area (TPSA) is 83.7 Å². The molecule has 1 heterocycles. The first kappa shape index (κ1) is 14.0. The molecular formula is C14H17N3O3. The Morgan fingerprint density at radius 3 is 2.10 bits per heavy atom. The lowest BCUT2D eigenvalue weighted by Crippen LogP contribution is -2.50. The first-order valence-corrected chi connectivity index (χ1v) is 6.43. The number of hydrogen-bond acceptors (Lipinski definition) is 3. The summed E-state index contributed by atoms with van der Waals surface area (Å²) >= 11 is 0. The van der Waals surface area contributed by atoms with Gasteiger partial charge in [-0.2, -0.15) is 0 Å². The molecule has 0 unspecified atom stereocenters. The van der Waals surface area contributed by atoms with E-state index in [-0.39, 0.29) is 11.8 Å². The summed E-state index contributed by atoms with van der Waals surface area (Å²) in [6.45, 7) is 3.60. The quantitative estimate of drug-likeness (QED) is 0.830. The van der Waals surface area contributed by atoms with Gasteiger partial charge in [0.15, 0.2) is 0 Å². The van der Waals surface area contributed by atoms with Crippen LogP contribution in [0.2, 0.25) is 0 Å². The molecule has 1 saturated heterocycles. The lowest BCUT2D eigenvalue weighted by Gasteiger charge is -2.34. The van der Waals surface area contributed by atoms with Crippen molar-refractivity contribution in [3.63, 3.8) is 0 Å². The normalized spacial score (nSPS) is 15.1. The number of rotatable bonds is 2. The summed E-state index contributed by atoms with van der Waals surface area (Å²) in [6.07, 6.45) is 0. The summed E-state index contributed by atoms with van der Waals surface area (Å²) in [5.74, 6) is -0.676. The highest BCUT2D eigenvalue weighted by Crippen LogP contribution is 2.11. The van der Waals surface area contributed by atoms with Crippen LogP contribution < -0.4 is 5.73 Å². The highest BCUT2D eigenvalue weighted by Gasteiger charge is 2.23. The molecule has 0 saturated carbocycles. The molecule has 1 aliphatic rings. The molecule has 0 radical (unpaired) electrons. The van der Waals surface area contributed by atoms with Crippen LogP contribution in [-0.2, 0) is 4.79 Å². The van der Waals surface area contributed by atoms with Crippen molar-refractivity contribution >= 4 is 17.7 Å². The molecular weight excluding hydrogens is 258 g/mol. The fraction of sp³-hybridized carbons (Fsp3) is 0.357. The van der Waals surface area contributed by atoms with Crippen molar-refractivity contribution in [2.45, 2.75) is 6.92 Å². The summed E-state index contributed by atoms with van der Waals surface area (Å²) in [5, 5.41) is 0. The molecule has 6 nitrogen and oxygen atoms in total. The molecule has 1 fully saturated rings. The Morgan fingerprint density at radius 1 is 1.00 bits per heavy atom. The summed E-state index contributed by atoms with van der Waals surface area (Å²) < 4.78 is 0. The van der Waals surface area contributed by atoms with E-state index in [0.29, 0.717) is 37.3 Å². The van der Waals surface area contributed by atoms with E-state index in [1.54, 1.807) is 28.0 Å². The van der Waals surface area contributed by atoms with Crippen molar-refractivity contribution in [1.29, 1.82) is 0 Å². The van der Waals surface area contributed by atoms with Gasteiger partial charge in [-0.3, -0.25) is 14.4 Å². The highest BCUT2D eigenvalue weighted by molar-refractivity contribution is 5.99. The first-order valence-electron chi connectivity index (χ1n) is 6.43. The zero-order valence-corrected chi connectivity index (χ0v) is 11.3. The molecule has 0 spiro atoms. The second kappa shape index (κ2) is 5.73. The molecule has 2 N–H and O–H groups in total. The van der Waals surface area contributed by atoms with Crippen molar-refractivity contribution < 1.29 is 14.4 Å². The number of piperazine rings is 1. The Morgan fingerprint density at radius 2 is 1.55 bits per heavy atom. The predicted octanol–water partition coefficient (Wildman–Crippen LogP) is 0.0898. The van der Waals surface area contributed by atoms with E-state index in [1.807, 2.05) is 0 Å². The molecule has 0 bridgehead atoms. The van der Waals surface area contributed by atoms with E-state index in [1.165, 1.54) is 13.0 Å². The lowest BCUT2D eigenvalue weighted by molar-refractivity contribution is -0.130. The van der Waals surface area contributed by atoms with Gasteiger partial charge in [0.05, 0.1) is 0 Å². The maximum absolute atomic E-state index is 12.3. The zero-order chi connectivity index (χ0) is 14.7. The van der Waals surface area contributed by atoms with E-state index in [4.69, 9.17) is 5.73 Å². The van der Waals surface area contributed by atoms with Gasteiger partial charge >= 0.3 is 0 Å². The molecule has 3 amide bonds. The Bertz CT molecular complexity index is 548. The van der Waals surface area contributed by atoms with E-state index in [0.717, 1.165) is 0 Å². The van der Waals surface area contributed by atoms with Gasteiger partial charge in [0.2, 0.25) is 11.8 Å². The molecule has 6 heteroatoms. The van der Waals surface area contributed by atoms with Gasteiger partial charge in [-0.15, -0.1) is 0 Å². The third-order valence-corrected chi connectivity index (χ3v) is 3.41. The minimum absolute atomic E-state index is 0.0211. The van der Waals surface area contributed by atoms with Crippen molar-refractivity contribution in [3.8, 4) is 0 Å². The number of nitrogens with zero attached hydrogens (tertiary/aromatic N) is 2. The Kier molecular flexibility index (Phi) is 4.02. The average Bonchev–Trinajstić information content (AvgIpc) is 2.46. The lowest BCUT2D eigenvalue weighted by atomic mass is 10.1. The Hall–Kier alpha value is -2.37. The fourth-order valence-corrected chi connectivity index (χ4v) is 2.21. The number of nitrogens with two attached hydrogens (primary N) is 1. The van der Waals surface area contributed by atoms with Gasteiger partial charge in [0.25, 0.3) is 5.91 Å². The first-order chi connectivity index (χ1) is 9.49. The van der Waals surface area contributed by atoms with E-state index < -0.39 is 5.91 Å². The van der Waals surface area contributed by atoms with Crippen LogP contribution in [0.3, 0.4) is 0 Å². The van der Waals surface area contributed by atoms with Gasteiger partial charge < -0.3 is 15.5 Å². The van der Waals surface area contributed by atoms with Crippen molar-refractivity contribution in [2.24, 2.45) is 5.73 Å². The van der Waals surface area contributed by atoms with E-state index >= 15 is 0 Å².